The third-order valence-electron chi connectivity index (χ3n) is 5.25. The van der Waals surface area contributed by atoms with Gasteiger partial charge in [-0.3, -0.25) is 14.5 Å². The first kappa shape index (κ1) is 22.4. The number of nitrogens with zero attached hydrogens (tertiary/aromatic N) is 2. The zero-order chi connectivity index (χ0) is 22.1. The molecule has 0 unspecified atom stereocenters. The van der Waals surface area contributed by atoms with E-state index in [0.29, 0.717) is 13.1 Å². The molecule has 1 heterocycles. The molecule has 0 radical (unpaired) electrons. The molecular weight excluding hydrogens is 394 g/mol. The number of methoxy groups -OCH3 is 2. The van der Waals surface area contributed by atoms with Gasteiger partial charge in [-0.1, -0.05) is 30.3 Å². The Morgan fingerprint density at radius 1 is 1.00 bits per heavy atom. The summed E-state index contributed by atoms with van der Waals surface area (Å²) in [5.74, 6) is 1.27. The number of piperazine rings is 1. The number of hydrogen-bond acceptors (Lipinski definition) is 5. The molecule has 7 nitrogen and oxygen atoms in total. The quantitative estimate of drug-likeness (QED) is 0.659. The normalized spacial score (nSPS) is 14.5. The van der Waals surface area contributed by atoms with Gasteiger partial charge >= 0.3 is 0 Å². The number of carbonyl (C=O) groups excluding carboxylic acids is 2. The molecule has 3 rings (SSSR count). The molecule has 1 saturated heterocycles. The van der Waals surface area contributed by atoms with Crippen LogP contribution in [0.1, 0.15) is 11.1 Å². The molecule has 0 spiro atoms. The van der Waals surface area contributed by atoms with Crippen LogP contribution in [0.3, 0.4) is 0 Å². The summed E-state index contributed by atoms with van der Waals surface area (Å²) in [7, 11) is 3.30. The molecule has 1 fully saturated rings. The summed E-state index contributed by atoms with van der Waals surface area (Å²) in [6.07, 6.45) is 3.17. The highest BCUT2D eigenvalue weighted by Crippen LogP contribution is 2.25. The Balaban J connectivity index is 1.43. The van der Waals surface area contributed by atoms with Gasteiger partial charge in [-0.05, 0) is 29.8 Å². The van der Waals surface area contributed by atoms with Gasteiger partial charge in [0.25, 0.3) is 0 Å². The van der Waals surface area contributed by atoms with E-state index in [9.17, 15) is 9.59 Å². The Morgan fingerprint density at radius 2 is 1.74 bits per heavy atom. The first-order chi connectivity index (χ1) is 15.1. The van der Waals surface area contributed by atoms with Gasteiger partial charge in [0, 0.05) is 44.4 Å². The summed E-state index contributed by atoms with van der Waals surface area (Å²) in [6.45, 7) is 3.49. The van der Waals surface area contributed by atoms with Crippen molar-refractivity contribution in [3.63, 3.8) is 0 Å². The molecule has 31 heavy (non-hydrogen) atoms. The van der Waals surface area contributed by atoms with E-state index in [1.54, 1.807) is 25.2 Å². The Hall–Kier alpha value is -3.32. The highest BCUT2D eigenvalue weighted by molar-refractivity contribution is 5.94. The van der Waals surface area contributed by atoms with E-state index in [1.165, 1.54) is 6.08 Å². The summed E-state index contributed by atoms with van der Waals surface area (Å²) in [4.78, 5) is 28.5. The van der Waals surface area contributed by atoms with Gasteiger partial charge < -0.3 is 19.7 Å². The van der Waals surface area contributed by atoms with Gasteiger partial charge in [-0.2, -0.15) is 0 Å². The summed E-state index contributed by atoms with van der Waals surface area (Å²) < 4.78 is 10.8. The maximum absolute atomic E-state index is 12.5. The second-order valence-corrected chi connectivity index (χ2v) is 7.30. The van der Waals surface area contributed by atoms with Crippen LogP contribution in [-0.2, 0) is 16.1 Å². The zero-order valence-electron chi connectivity index (χ0n) is 18.0. The van der Waals surface area contributed by atoms with E-state index < -0.39 is 0 Å². The fourth-order valence-corrected chi connectivity index (χ4v) is 3.47. The second kappa shape index (κ2) is 11.2. The molecule has 164 valence electrons. The highest BCUT2D eigenvalue weighted by Gasteiger charge is 2.22. The molecule has 0 saturated carbocycles. The van der Waals surface area contributed by atoms with Gasteiger partial charge in [0.15, 0.2) is 0 Å². The maximum atomic E-state index is 12.5. The zero-order valence-corrected chi connectivity index (χ0v) is 18.0. The van der Waals surface area contributed by atoms with Crippen LogP contribution in [0.2, 0.25) is 0 Å². The van der Waals surface area contributed by atoms with Crippen molar-refractivity contribution in [1.29, 1.82) is 0 Å². The lowest BCUT2D eigenvalue weighted by Gasteiger charge is -2.35. The van der Waals surface area contributed by atoms with Crippen molar-refractivity contribution >= 4 is 17.9 Å². The predicted molar refractivity (Wildman–Crippen MR) is 120 cm³/mol. The molecule has 0 bridgehead atoms. The van der Waals surface area contributed by atoms with E-state index >= 15 is 0 Å². The van der Waals surface area contributed by atoms with Crippen molar-refractivity contribution in [2.75, 3.05) is 46.9 Å². The molecule has 1 aliphatic heterocycles. The Labute approximate surface area is 183 Å². The predicted octanol–water partition coefficient (Wildman–Crippen LogP) is 2.18. The van der Waals surface area contributed by atoms with Gasteiger partial charge in [-0.25, -0.2) is 0 Å². The number of carbonyl (C=O) groups is 2. The monoisotopic (exact) mass is 423 g/mol. The smallest absolute Gasteiger partial charge is 0.244 e. The Bertz CT molecular complexity index is 906. The van der Waals surface area contributed by atoms with Crippen LogP contribution in [0, 0.1) is 0 Å². The minimum absolute atomic E-state index is 0.00166. The fraction of sp³-hybridized carbons (Fsp3) is 0.333. The third kappa shape index (κ3) is 6.58. The van der Waals surface area contributed by atoms with Crippen LogP contribution in [0.15, 0.2) is 54.6 Å². The largest absolute Gasteiger partial charge is 0.497 e. The van der Waals surface area contributed by atoms with Crippen LogP contribution in [0.4, 0.5) is 0 Å². The average molecular weight is 424 g/mol. The van der Waals surface area contributed by atoms with E-state index in [1.807, 2.05) is 48.5 Å². The molecule has 1 aliphatic rings. The lowest BCUT2D eigenvalue weighted by atomic mass is 10.1. The highest BCUT2D eigenvalue weighted by atomic mass is 16.5. The molecule has 2 aromatic rings. The van der Waals surface area contributed by atoms with E-state index in [-0.39, 0.29) is 18.4 Å². The SMILES string of the molecule is COc1ccc(OC)c(CN2CCN(C(=O)CNC(=O)/C=C/c3ccccc3)CC2)c1. The first-order valence-electron chi connectivity index (χ1n) is 10.3. The number of hydrogen-bond donors (Lipinski definition) is 1. The molecule has 0 atom stereocenters. The van der Waals surface area contributed by atoms with Crippen molar-refractivity contribution in [1.82, 2.24) is 15.1 Å². The van der Waals surface area contributed by atoms with Gasteiger partial charge in [0.1, 0.15) is 11.5 Å². The molecule has 7 heteroatoms. The molecule has 0 aliphatic carbocycles. The van der Waals surface area contributed by atoms with E-state index in [2.05, 4.69) is 10.2 Å². The maximum Gasteiger partial charge on any atom is 0.244 e. The first-order valence-corrected chi connectivity index (χ1v) is 10.3. The van der Waals surface area contributed by atoms with Gasteiger partial charge in [0.2, 0.25) is 11.8 Å². The number of amides is 2. The molecule has 0 aromatic heterocycles. The lowest BCUT2D eigenvalue weighted by molar-refractivity contribution is -0.133. The third-order valence-corrected chi connectivity index (χ3v) is 5.25. The Morgan fingerprint density at radius 3 is 2.42 bits per heavy atom. The Kier molecular flexibility index (Phi) is 8.06. The minimum atomic E-state index is -0.277. The van der Waals surface area contributed by atoms with Crippen molar-refractivity contribution < 1.29 is 19.1 Å². The van der Waals surface area contributed by atoms with Gasteiger partial charge in [-0.15, -0.1) is 0 Å². The number of benzene rings is 2. The standard InChI is InChI=1S/C24H29N3O4/c1-30-21-9-10-22(31-2)20(16-21)18-26-12-14-27(15-13-26)24(29)17-25-23(28)11-8-19-6-4-3-5-7-19/h3-11,16H,12-15,17-18H2,1-2H3,(H,25,28)/b11-8+. The molecule has 2 aromatic carbocycles. The molecular formula is C24H29N3O4. The average Bonchev–Trinajstić information content (AvgIpc) is 2.82. The summed E-state index contributed by atoms with van der Waals surface area (Å²) in [6, 6.07) is 15.3. The lowest BCUT2D eigenvalue weighted by Crippen LogP contribution is -2.50. The van der Waals surface area contributed by atoms with Crippen LogP contribution in [0.25, 0.3) is 6.08 Å². The van der Waals surface area contributed by atoms with Crippen LogP contribution < -0.4 is 14.8 Å². The summed E-state index contributed by atoms with van der Waals surface area (Å²) in [5, 5.41) is 2.67. The van der Waals surface area contributed by atoms with Crippen molar-refractivity contribution in [3.8, 4) is 11.5 Å². The topological polar surface area (TPSA) is 71.1 Å². The van der Waals surface area contributed by atoms with Crippen LogP contribution in [0.5, 0.6) is 11.5 Å². The fourth-order valence-electron chi connectivity index (χ4n) is 3.47. The second-order valence-electron chi connectivity index (χ2n) is 7.30. The number of rotatable bonds is 8. The summed E-state index contributed by atoms with van der Waals surface area (Å²) >= 11 is 0. The van der Waals surface area contributed by atoms with Crippen molar-refractivity contribution in [2.45, 2.75) is 6.54 Å². The van der Waals surface area contributed by atoms with Crippen molar-refractivity contribution in [3.05, 3.63) is 65.7 Å². The molecule has 2 amide bonds. The minimum Gasteiger partial charge on any atom is -0.497 e. The van der Waals surface area contributed by atoms with Crippen molar-refractivity contribution in [2.24, 2.45) is 0 Å². The number of nitrogens with one attached hydrogen (secondary N) is 1. The molecule has 1 N–H and O–H groups in total. The number of ether oxygens (including phenoxy) is 2. The van der Waals surface area contributed by atoms with Crippen LogP contribution >= 0.6 is 0 Å². The van der Waals surface area contributed by atoms with Crippen LogP contribution in [-0.4, -0.2) is 68.6 Å². The summed E-state index contributed by atoms with van der Waals surface area (Å²) in [5.41, 5.74) is 1.99. The van der Waals surface area contributed by atoms with E-state index in [0.717, 1.165) is 42.3 Å². The van der Waals surface area contributed by atoms with Gasteiger partial charge in [0.05, 0.1) is 20.8 Å². The van der Waals surface area contributed by atoms with E-state index in [4.69, 9.17) is 9.47 Å².